The summed E-state index contributed by atoms with van der Waals surface area (Å²) in [5, 5.41) is 10.5. The lowest BCUT2D eigenvalue weighted by molar-refractivity contribution is 0.206. The van der Waals surface area contributed by atoms with Crippen LogP contribution in [0.15, 0.2) is 59.3 Å². The Hall–Kier alpha value is -3.22. The van der Waals surface area contributed by atoms with E-state index in [1.54, 1.807) is 18.2 Å². The van der Waals surface area contributed by atoms with E-state index in [9.17, 15) is 9.18 Å². The largest absolute Gasteiger partial charge is 0.423 e. The first-order chi connectivity index (χ1) is 13.2. The van der Waals surface area contributed by atoms with Gasteiger partial charge in [0.25, 0.3) is 0 Å². The normalized spacial score (nSPS) is 16.5. The van der Waals surface area contributed by atoms with Crippen molar-refractivity contribution in [2.45, 2.75) is 25.3 Å². The maximum absolute atomic E-state index is 13.1. The summed E-state index contributed by atoms with van der Waals surface area (Å²) in [7, 11) is 0. The molecular formula is C20H19FN4O2. The van der Waals surface area contributed by atoms with Crippen molar-refractivity contribution in [2.24, 2.45) is 0 Å². The Bertz CT molecular complexity index is 912. The number of halogens is 1. The lowest BCUT2D eigenvalue weighted by Gasteiger charge is -2.25. The standard InChI is InChI=1S/C20H19FN4O2/c21-16-8-6-14(7-9-16)11-18-5-2-10-25(18)20(26)23-17-4-1-3-15(12-17)19-24-22-13-27-19/h1,3-4,6-9,12-13,18H,2,5,10-11H2,(H,23,26)/t18-/m0/s1. The molecule has 0 radical (unpaired) electrons. The van der Waals surface area contributed by atoms with Crippen molar-refractivity contribution in [3.8, 4) is 11.5 Å². The molecule has 6 nitrogen and oxygen atoms in total. The van der Waals surface area contributed by atoms with Crippen molar-refractivity contribution in [1.29, 1.82) is 0 Å². The van der Waals surface area contributed by atoms with Crippen LogP contribution in [-0.2, 0) is 6.42 Å². The number of nitrogens with zero attached hydrogens (tertiary/aromatic N) is 3. The fourth-order valence-electron chi connectivity index (χ4n) is 3.43. The molecule has 2 amide bonds. The van der Waals surface area contributed by atoms with Gasteiger partial charge in [-0.1, -0.05) is 18.2 Å². The Kier molecular flexibility index (Phi) is 4.82. The third kappa shape index (κ3) is 3.97. The van der Waals surface area contributed by atoms with Crippen LogP contribution in [0.1, 0.15) is 18.4 Å². The smallest absolute Gasteiger partial charge is 0.322 e. The Morgan fingerprint density at radius 3 is 2.89 bits per heavy atom. The van der Waals surface area contributed by atoms with E-state index in [4.69, 9.17) is 4.42 Å². The highest BCUT2D eigenvalue weighted by atomic mass is 19.1. The second-order valence-corrected chi connectivity index (χ2v) is 6.57. The molecule has 138 valence electrons. The number of anilines is 1. The molecule has 1 atom stereocenters. The van der Waals surface area contributed by atoms with E-state index in [0.29, 0.717) is 18.1 Å². The molecule has 2 heterocycles. The minimum absolute atomic E-state index is 0.106. The predicted octanol–water partition coefficient (Wildman–Crippen LogP) is 4.11. The van der Waals surface area contributed by atoms with Gasteiger partial charge in [-0.3, -0.25) is 0 Å². The van der Waals surface area contributed by atoms with Crippen LogP contribution >= 0.6 is 0 Å². The second-order valence-electron chi connectivity index (χ2n) is 6.57. The van der Waals surface area contributed by atoms with Crippen LogP contribution in [0.4, 0.5) is 14.9 Å². The molecule has 3 aromatic rings. The van der Waals surface area contributed by atoms with Crippen molar-refractivity contribution in [2.75, 3.05) is 11.9 Å². The third-order valence-electron chi connectivity index (χ3n) is 4.74. The van der Waals surface area contributed by atoms with E-state index in [1.165, 1.54) is 18.5 Å². The molecular weight excluding hydrogens is 347 g/mol. The maximum atomic E-state index is 13.1. The van der Waals surface area contributed by atoms with Crippen LogP contribution in [0.2, 0.25) is 0 Å². The highest BCUT2D eigenvalue weighted by Crippen LogP contribution is 2.24. The maximum Gasteiger partial charge on any atom is 0.322 e. The van der Waals surface area contributed by atoms with Crippen molar-refractivity contribution in [3.63, 3.8) is 0 Å². The minimum atomic E-state index is -0.249. The van der Waals surface area contributed by atoms with Crippen molar-refractivity contribution in [3.05, 3.63) is 66.3 Å². The Balaban J connectivity index is 1.44. The first-order valence-electron chi connectivity index (χ1n) is 8.88. The van der Waals surface area contributed by atoms with Gasteiger partial charge in [0.15, 0.2) is 0 Å². The van der Waals surface area contributed by atoms with Gasteiger partial charge in [0.2, 0.25) is 12.3 Å². The highest BCUT2D eigenvalue weighted by molar-refractivity contribution is 5.90. The molecule has 1 aromatic heterocycles. The van der Waals surface area contributed by atoms with Gasteiger partial charge in [0, 0.05) is 23.8 Å². The molecule has 1 fully saturated rings. The highest BCUT2D eigenvalue weighted by Gasteiger charge is 2.28. The van der Waals surface area contributed by atoms with E-state index in [1.807, 2.05) is 23.1 Å². The summed E-state index contributed by atoms with van der Waals surface area (Å²) in [6, 6.07) is 13.7. The number of likely N-dealkylation sites (tertiary alicyclic amines) is 1. The average Bonchev–Trinajstić information content (AvgIpc) is 3.36. The molecule has 4 rings (SSSR count). The van der Waals surface area contributed by atoms with Crippen LogP contribution in [0.3, 0.4) is 0 Å². The number of rotatable bonds is 4. The van der Waals surface area contributed by atoms with Gasteiger partial charge in [-0.15, -0.1) is 10.2 Å². The number of benzene rings is 2. The molecule has 7 heteroatoms. The molecule has 1 saturated heterocycles. The van der Waals surface area contributed by atoms with Gasteiger partial charge in [-0.05, 0) is 55.2 Å². The monoisotopic (exact) mass is 366 g/mol. The van der Waals surface area contributed by atoms with Gasteiger partial charge in [0.05, 0.1) is 0 Å². The minimum Gasteiger partial charge on any atom is -0.423 e. The first kappa shape index (κ1) is 17.2. The van der Waals surface area contributed by atoms with E-state index in [-0.39, 0.29) is 17.9 Å². The Morgan fingerprint density at radius 2 is 2.11 bits per heavy atom. The van der Waals surface area contributed by atoms with E-state index >= 15 is 0 Å². The van der Waals surface area contributed by atoms with Crippen molar-refractivity contribution < 1.29 is 13.6 Å². The third-order valence-corrected chi connectivity index (χ3v) is 4.74. The fourth-order valence-corrected chi connectivity index (χ4v) is 3.43. The molecule has 27 heavy (non-hydrogen) atoms. The molecule has 1 aliphatic heterocycles. The molecule has 0 spiro atoms. The molecule has 1 N–H and O–H groups in total. The summed E-state index contributed by atoms with van der Waals surface area (Å²) in [6.45, 7) is 0.709. The number of aromatic nitrogens is 2. The number of carbonyl (C=O) groups is 1. The average molecular weight is 366 g/mol. The number of amides is 2. The molecule has 0 aliphatic carbocycles. The number of urea groups is 1. The second kappa shape index (κ2) is 7.57. The summed E-state index contributed by atoms with van der Waals surface area (Å²) in [5.41, 5.74) is 2.44. The zero-order valence-corrected chi connectivity index (χ0v) is 14.6. The molecule has 0 bridgehead atoms. The van der Waals surface area contributed by atoms with Crippen LogP contribution in [0.5, 0.6) is 0 Å². The quantitative estimate of drug-likeness (QED) is 0.754. The van der Waals surface area contributed by atoms with Gasteiger partial charge >= 0.3 is 6.03 Å². The summed E-state index contributed by atoms with van der Waals surface area (Å²) in [4.78, 5) is 14.6. The molecule has 0 saturated carbocycles. The van der Waals surface area contributed by atoms with E-state index in [0.717, 1.165) is 30.4 Å². The molecule has 2 aromatic carbocycles. The zero-order chi connectivity index (χ0) is 18.6. The SMILES string of the molecule is O=C(Nc1cccc(-c2nnco2)c1)N1CCC[C@H]1Cc1ccc(F)cc1. The molecule has 0 unspecified atom stereocenters. The Morgan fingerprint density at radius 1 is 1.26 bits per heavy atom. The van der Waals surface area contributed by atoms with Crippen LogP contribution in [-0.4, -0.2) is 33.7 Å². The predicted molar refractivity (Wildman–Crippen MR) is 98.6 cm³/mol. The van der Waals surface area contributed by atoms with Gasteiger partial charge in [0.1, 0.15) is 5.82 Å². The van der Waals surface area contributed by atoms with Crippen LogP contribution < -0.4 is 5.32 Å². The number of nitrogens with one attached hydrogen (secondary N) is 1. The van der Waals surface area contributed by atoms with Crippen LogP contribution in [0.25, 0.3) is 11.5 Å². The summed E-state index contributed by atoms with van der Waals surface area (Å²) < 4.78 is 18.3. The van der Waals surface area contributed by atoms with Gasteiger partial charge in [-0.25, -0.2) is 9.18 Å². The lowest BCUT2D eigenvalue weighted by Crippen LogP contribution is -2.39. The van der Waals surface area contributed by atoms with E-state index < -0.39 is 0 Å². The van der Waals surface area contributed by atoms with Crippen molar-refractivity contribution >= 4 is 11.7 Å². The summed E-state index contributed by atoms with van der Waals surface area (Å²) in [6.07, 6.45) is 3.88. The number of hydrogen-bond acceptors (Lipinski definition) is 4. The zero-order valence-electron chi connectivity index (χ0n) is 14.6. The number of carbonyl (C=O) groups excluding carboxylic acids is 1. The summed E-state index contributed by atoms with van der Waals surface area (Å²) >= 11 is 0. The Labute approximate surface area is 156 Å². The summed E-state index contributed by atoms with van der Waals surface area (Å²) in [5.74, 6) is 0.155. The van der Waals surface area contributed by atoms with Crippen LogP contribution in [0, 0.1) is 5.82 Å². The number of hydrogen-bond donors (Lipinski definition) is 1. The van der Waals surface area contributed by atoms with E-state index in [2.05, 4.69) is 15.5 Å². The first-order valence-corrected chi connectivity index (χ1v) is 8.88. The lowest BCUT2D eigenvalue weighted by atomic mass is 10.0. The fraction of sp³-hybridized carbons (Fsp3) is 0.250. The van der Waals surface area contributed by atoms with Gasteiger partial charge in [-0.2, -0.15) is 0 Å². The topological polar surface area (TPSA) is 71.3 Å². The van der Waals surface area contributed by atoms with Crippen molar-refractivity contribution in [1.82, 2.24) is 15.1 Å². The molecule has 1 aliphatic rings. The van der Waals surface area contributed by atoms with Gasteiger partial charge < -0.3 is 14.6 Å².